The third-order valence-corrected chi connectivity index (χ3v) is 9.22. The van der Waals surface area contributed by atoms with Gasteiger partial charge in [0.1, 0.15) is 5.82 Å². The van der Waals surface area contributed by atoms with Gasteiger partial charge in [-0.2, -0.15) is 0 Å². The van der Waals surface area contributed by atoms with Crippen LogP contribution < -0.4 is 4.90 Å². The van der Waals surface area contributed by atoms with E-state index in [-0.39, 0.29) is 0 Å². The van der Waals surface area contributed by atoms with Gasteiger partial charge in [-0.05, 0) is 43.2 Å². The van der Waals surface area contributed by atoms with Crippen LogP contribution in [0.4, 0.5) is 5.82 Å². The molecule has 1 aromatic carbocycles. The Morgan fingerprint density at radius 3 is 2.69 bits per heavy atom. The van der Waals surface area contributed by atoms with Gasteiger partial charge in [-0.15, -0.1) is 11.3 Å². The number of rotatable bonds is 4. The van der Waals surface area contributed by atoms with E-state index in [0.717, 1.165) is 48.8 Å². The largest absolute Gasteiger partial charge is 0.354 e. The lowest BCUT2D eigenvalue weighted by Gasteiger charge is -2.38. The van der Waals surface area contributed by atoms with Crippen molar-refractivity contribution in [3.63, 3.8) is 0 Å². The van der Waals surface area contributed by atoms with E-state index in [9.17, 15) is 4.21 Å². The highest BCUT2D eigenvalue weighted by atomic mass is 32.2. The summed E-state index contributed by atoms with van der Waals surface area (Å²) in [5.74, 6) is 1.63. The zero-order valence-electron chi connectivity index (χ0n) is 16.5. The van der Waals surface area contributed by atoms with Gasteiger partial charge in [0.15, 0.2) is 0 Å². The minimum Gasteiger partial charge on any atom is -0.354 e. The number of thiazole rings is 1. The third kappa shape index (κ3) is 3.65. The lowest BCUT2D eigenvalue weighted by molar-refractivity contribution is 0.198. The number of hydrogen-bond donors (Lipinski definition) is 0. The molecule has 152 valence electrons. The molecule has 0 spiro atoms. The fraction of sp³-hybridized carbons (Fsp3) is 0.429. The first-order valence-electron chi connectivity index (χ1n) is 10.1. The molecular formula is C21H25N5OS2. The number of anilines is 1. The van der Waals surface area contributed by atoms with Crippen LogP contribution in [0.5, 0.6) is 0 Å². The second kappa shape index (κ2) is 7.66. The van der Waals surface area contributed by atoms with Crippen LogP contribution in [0.25, 0.3) is 10.2 Å². The first-order chi connectivity index (χ1) is 14.1. The zero-order chi connectivity index (χ0) is 19.8. The monoisotopic (exact) mass is 427 g/mol. The SMILES string of the molecule is CC(c1ccc2scnc2c1)N1CCN(c2ccc(S3(=O)=NCCC3)cn2)CC1. The van der Waals surface area contributed by atoms with Crippen LogP contribution in [0.2, 0.25) is 0 Å². The highest BCUT2D eigenvalue weighted by Crippen LogP contribution is 2.27. The Morgan fingerprint density at radius 2 is 1.97 bits per heavy atom. The predicted molar refractivity (Wildman–Crippen MR) is 119 cm³/mol. The molecule has 2 unspecified atom stereocenters. The van der Waals surface area contributed by atoms with Gasteiger partial charge in [-0.1, -0.05) is 6.07 Å². The molecule has 3 aromatic rings. The van der Waals surface area contributed by atoms with Crippen molar-refractivity contribution >= 4 is 37.1 Å². The molecule has 0 bridgehead atoms. The molecule has 2 aromatic heterocycles. The van der Waals surface area contributed by atoms with E-state index in [4.69, 9.17) is 0 Å². The van der Waals surface area contributed by atoms with Gasteiger partial charge >= 0.3 is 0 Å². The Morgan fingerprint density at radius 1 is 1.10 bits per heavy atom. The fourth-order valence-corrected chi connectivity index (χ4v) is 6.78. The van der Waals surface area contributed by atoms with Crippen molar-refractivity contribution in [3.05, 3.63) is 47.6 Å². The number of aromatic nitrogens is 2. The summed E-state index contributed by atoms with van der Waals surface area (Å²) in [4.78, 5) is 14.7. The Bertz CT molecular complexity index is 1130. The minimum atomic E-state index is -2.21. The number of hydrogen-bond acceptors (Lipinski definition) is 7. The van der Waals surface area contributed by atoms with Gasteiger partial charge in [0, 0.05) is 50.7 Å². The van der Waals surface area contributed by atoms with Gasteiger partial charge in [-0.3, -0.25) is 4.90 Å². The van der Waals surface area contributed by atoms with Crippen LogP contribution in [0, 0.1) is 0 Å². The van der Waals surface area contributed by atoms with Crippen LogP contribution in [0.3, 0.4) is 0 Å². The number of piperazine rings is 1. The van der Waals surface area contributed by atoms with E-state index in [0.29, 0.717) is 18.3 Å². The molecule has 0 aliphatic carbocycles. The Kier molecular flexibility index (Phi) is 5.01. The summed E-state index contributed by atoms with van der Waals surface area (Å²) in [7, 11) is -2.21. The van der Waals surface area contributed by atoms with E-state index < -0.39 is 9.73 Å². The molecule has 0 radical (unpaired) electrons. The number of fused-ring (bicyclic) bond motifs is 1. The van der Waals surface area contributed by atoms with Crippen molar-refractivity contribution in [2.45, 2.75) is 24.3 Å². The number of pyridine rings is 1. The predicted octanol–water partition coefficient (Wildman–Crippen LogP) is 3.81. The van der Waals surface area contributed by atoms with Crippen LogP contribution >= 0.6 is 11.3 Å². The molecule has 0 saturated carbocycles. The standard InChI is InChI=1S/C21H25N5OS2/c1-16(17-3-5-20-19(13-17)23-15-28-20)25-8-10-26(11-9-25)21-6-4-18(14-22-21)29(27)12-2-7-24-29/h3-6,13-16H,2,7-12H2,1H3. The Labute approximate surface area is 175 Å². The molecular weight excluding hydrogens is 402 g/mol. The van der Waals surface area contributed by atoms with Crippen molar-refractivity contribution in [2.24, 2.45) is 4.36 Å². The Hall–Kier alpha value is -2.03. The minimum absolute atomic E-state index is 0.367. The molecule has 29 heavy (non-hydrogen) atoms. The summed E-state index contributed by atoms with van der Waals surface area (Å²) in [6, 6.07) is 11.0. The van der Waals surface area contributed by atoms with Crippen molar-refractivity contribution in [1.82, 2.24) is 14.9 Å². The van der Waals surface area contributed by atoms with Gasteiger partial charge in [-0.25, -0.2) is 18.5 Å². The molecule has 2 aliphatic rings. The summed E-state index contributed by atoms with van der Waals surface area (Å²) < 4.78 is 18.3. The van der Waals surface area contributed by atoms with E-state index >= 15 is 0 Å². The first kappa shape index (κ1) is 19.0. The van der Waals surface area contributed by atoms with E-state index in [1.54, 1.807) is 17.5 Å². The molecule has 6 nitrogen and oxygen atoms in total. The highest BCUT2D eigenvalue weighted by Gasteiger charge is 2.24. The van der Waals surface area contributed by atoms with Crippen molar-refractivity contribution in [2.75, 3.05) is 43.4 Å². The van der Waals surface area contributed by atoms with Gasteiger partial charge in [0.2, 0.25) is 0 Å². The van der Waals surface area contributed by atoms with E-state index in [1.807, 2.05) is 17.6 Å². The lowest BCUT2D eigenvalue weighted by Crippen LogP contribution is -2.47. The second-order valence-electron chi connectivity index (χ2n) is 7.68. The topological polar surface area (TPSA) is 61.7 Å². The maximum atomic E-state index is 12.8. The molecule has 2 aliphatic heterocycles. The van der Waals surface area contributed by atoms with Crippen LogP contribution in [-0.2, 0) is 9.73 Å². The average Bonchev–Trinajstić information content (AvgIpc) is 3.42. The normalized spacial score (nSPS) is 24.0. The maximum Gasteiger partial charge on any atom is 0.128 e. The number of nitrogens with zero attached hydrogens (tertiary/aromatic N) is 5. The first-order valence-corrected chi connectivity index (χ1v) is 12.7. The van der Waals surface area contributed by atoms with Gasteiger partial charge < -0.3 is 4.90 Å². The summed E-state index contributed by atoms with van der Waals surface area (Å²) in [6.45, 7) is 6.84. The van der Waals surface area contributed by atoms with Gasteiger partial charge in [0.25, 0.3) is 0 Å². The summed E-state index contributed by atoms with van der Waals surface area (Å²) in [5.41, 5.74) is 4.32. The van der Waals surface area contributed by atoms with Crippen molar-refractivity contribution < 1.29 is 4.21 Å². The van der Waals surface area contributed by atoms with Crippen LogP contribution in [-0.4, -0.2) is 57.6 Å². The average molecular weight is 428 g/mol. The molecule has 0 N–H and O–H groups in total. The maximum absolute atomic E-state index is 12.8. The lowest BCUT2D eigenvalue weighted by atomic mass is 10.1. The summed E-state index contributed by atoms with van der Waals surface area (Å²) >= 11 is 1.69. The molecule has 0 amide bonds. The third-order valence-electron chi connectivity index (χ3n) is 5.99. The number of benzene rings is 1. The fourth-order valence-electron chi connectivity index (χ4n) is 4.16. The van der Waals surface area contributed by atoms with E-state index in [2.05, 4.69) is 49.3 Å². The molecule has 4 heterocycles. The van der Waals surface area contributed by atoms with Crippen LogP contribution in [0.1, 0.15) is 24.9 Å². The second-order valence-corrected chi connectivity index (χ2v) is 11.0. The van der Waals surface area contributed by atoms with Crippen LogP contribution in [0.15, 0.2) is 51.3 Å². The quantitative estimate of drug-likeness (QED) is 0.634. The molecule has 2 atom stereocenters. The van der Waals surface area contributed by atoms with Crippen molar-refractivity contribution in [1.29, 1.82) is 0 Å². The van der Waals surface area contributed by atoms with Gasteiger partial charge in [0.05, 0.1) is 30.4 Å². The zero-order valence-corrected chi connectivity index (χ0v) is 18.2. The smallest absolute Gasteiger partial charge is 0.128 e. The Balaban J connectivity index is 1.24. The molecule has 1 fully saturated rings. The summed E-state index contributed by atoms with van der Waals surface area (Å²) in [6.07, 6.45) is 2.68. The van der Waals surface area contributed by atoms with E-state index in [1.165, 1.54) is 10.3 Å². The molecule has 1 saturated heterocycles. The highest BCUT2D eigenvalue weighted by molar-refractivity contribution is 7.93. The molecule has 5 rings (SSSR count). The summed E-state index contributed by atoms with van der Waals surface area (Å²) in [5, 5.41) is 0. The van der Waals surface area contributed by atoms with Crippen molar-refractivity contribution in [3.8, 4) is 0 Å². The molecule has 8 heteroatoms.